The van der Waals surface area contributed by atoms with E-state index in [1.54, 1.807) is 12.3 Å². The van der Waals surface area contributed by atoms with Crippen molar-refractivity contribution < 1.29 is 9.21 Å². The number of anilines is 1. The molecule has 0 saturated carbocycles. The van der Waals surface area contributed by atoms with E-state index < -0.39 is 0 Å². The van der Waals surface area contributed by atoms with Crippen LogP contribution in [0.15, 0.2) is 56.5 Å². The van der Waals surface area contributed by atoms with Crippen LogP contribution in [0.4, 0.5) is 5.13 Å². The molecule has 1 aliphatic rings. The first-order valence-corrected chi connectivity index (χ1v) is 10.2. The molecule has 4 rings (SSSR count). The Kier molecular flexibility index (Phi) is 5.15. The lowest BCUT2D eigenvalue weighted by Gasteiger charge is -2.19. The summed E-state index contributed by atoms with van der Waals surface area (Å²) < 4.78 is 6.18. The zero-order chi connectivity index (χ0) is 18.8. The highest BCUT2D eigenvalue weighted by atomic mass is 35.5. The van der Waals surface area contributed by atoms with Crippen LogP contribution in [0.25, 0.3) is 0 Å². The van der Waals surface area contributed by atoms with Crippen molar-refractivity contribution in [1.82, 2.24) is 15.2 Å². The van der Waals surface area contributed by atoms with Crippen molar-refractivity contribution in [2.45, 2.75) is 16.8 Å². The number of nitrogen functional groups attached to an aromatic ring is 1. The number of carbonyl (C=O) groups is 1. The second-order valence-corrected chi connectivity index (χ2v) is 8.39. The highest BCUT2D eigenvalue weighted by Gasteiger charge is 2.34. The fourth-order valence-corrected chi connectivity index (χ4v) is 4.34. The van der Waals surface area contributed by atoms with E-state index in [2.05, 4.69) is 15.3 Å². The lowest BCUT2D eigenvalue weighted by Crippen LogP contribution is -2.28. The maximum absolute atomic E-state index is 12.8. The molecule has 1 aromatic carbocycles. The van der Waals surface area contributed by atoms with Gasteiger partial charge in [-0.25, -0.2) is 5.01 Å². The summed E-state index contributed by atoms with van der Waals surface area (Å²) in [6, 6.07) is 10.8. The van der Waals surface area contributed by atoms with Gasteiger partial charge in [0.05, 0.1) is 17.7 Å². The Labute approximate surface area is 168 Å². The molecule has 1 atom stereocenters. The number of halogens is 1. The van der Waals surface area contributed by atoms with Crippen molar-refractivity contribution in [2.75, 3.05) is 11.5 Å². The molecule has 27 heavy (non-hydrogen) atoms. The number of hydrazone groups is 1. The van der Waals surface area contributed by atoms with Crippen molar-refractivity contribution in [2.24, 2.45) is 5.10 Å². The van der Waals surface area contributed by atoms with E-state index in [1.807, 2.05) is 30.3 Å². The van der Waals surface area contributed by atoms with Gasteiger partial charge in [0, 0.05) is 11.4 Å². The van der Waals surface area contributed by atoms with Crippen molar-refractivity contribution in [3.63, 3.8) is 0 Å². The van der Waals surface area contributed by atoms with Crippen LogP contribution >= 0.6 is 34.7 Å². The van der Waals surface area contributed by atoms with Gasteiger partial charge >= 0.3 is 0 Å². The number of amides is 1. The Morgan fingerprint density at radius 1 is 1.33 bits per heavy atom. The second kappa shape index (κ2) is 7.71. The molecule has 3 heterocycles. The number of hydrogen-bond acceptors (Lipinski definition) is 8. The smallest absolute Gasteiger partial charge is 0.253 e. The van der Waals surface area contributed by atoms with Gasteiger partial charge in [-0.1, -0.05) is 46.8 Å². The molecule has 3 aromatic rings. The number of rotatable bonds is 5. The van der Waals surface area contributed by atoms with E-state index in [1.165, 1.54) is 28.1 Å². The number of benzene rings is 1. The van der Waals surface area contributed by atoms with Crippen LogP contribution in [0.5, 0.6) is 0 Å². The van der Waals surface area contributed by atoms with E-state index in [9.17, 15) is 4.79 Å². The average Bonchev–Trinajstić information content (AvgIpc) is 3.40. The Morgan fingerprint density at radius 3 is 2.81 bits per heavy atom. The first kappa shape index (κ1) is 18.0. The zero-order valence-corrected chi connectivity index (χ0v) is 16.3. The monoisotopic (exact) mass is 419 g/mol. The molecule has 0 unspecified atom stereocenters. The minimum atomic E-state index is -0.279. The minimum absolute atomic E-state index is 0.140. The van der Waals surface area contributed by atoms with Crippen LogP contribution in [0.2, 0.25) is 5.02 Å². The summed E-state index contributed by atoms with van der Waals surface area (Å²) in [5.74, 6) is 0.740. The predicted molar refractivity (Wildman–Crippen MR) is 106 cm³/mol. The molecule has 138 valence electrons. The molecule has 1 amide bonds. The van der Waals surface area contributed by atoms with Crippen molar-refractivity contribution in [3.05, 3.63) is 59.0 Å². The number of thioether (sulfide) groups is 1. The standard InChI is InChI=1S/C17H14ClN5O2S2/c18-11-5-3-10(4-6-11)12-8-13(14-2-1-7-25-14)23(22-12)15(24)9-26-17-21-20-16(19)27-17/h1-7,13H,8-9H2,(H2,19,20)/t13-/m0/s1. The van der Waals surface area contributed by atoms with Crippen LogP contribution in [-0.4, -0.2) is 32.6 Å². The Hall–Kier alpha value is -2.36. The first-order chi connectivity index (χ1) is 13.1. The van der Waals surface area contributed by atoms with Crippen LogP contribution in [0, 0.1) is 0 Å². The predicted octanol–water partition coefficient (Wildman–Crippen LogP) is 3.84. The summed E-state index contributed by atoms with van der Waals surface area (Å²) in [4.78, 5) is 12.8. The number of nitrogens with zero attached hydrogens (tertiary/aromatic N) is 4. The topological polar surface area (TPSA) is 97.6 Å². The molecule has 0 aliphatic carbocycles. The normalized spacial score (nSPS) is 16.6. The zero-order valence-electron chi connectivity index (χ0n) is 13.9. The van der Waals surface area contributed by atoms with Gasteiger partial charge in [0.2, 0.25) is 5.13 Å². The van der Waals surface area contributed by atoms with E-state index in [0.717, 1.165) is 11.3 Å². The largest absolute Gasteiger partial charge is 0.467 e. The third kappa shape index (κ3) is 4.00. The number of carbonyl (C=O) groups excluding carboxylic acids is 1. The lowest BCUT2D eigenvalue weighted by molar-refractivity contribution is -0.130. The Balaban J connectivity index is 1.55. The molecule has 0 spiro atoms. The van der Waals surface area contributed by atoms with Crippen molar-refractivity contribution in [3.8, 4) is 0 Å². The number of hydrogen-bond donors (Lipinski definition) is 1. The number of aromatic nitrogens is 2. The van der Waals surface area contributed by atoms with Crippen LogP contribution in [-0.2, 0) is 4.79 Å². The maximum atomic E-state index is 12.8. The number of furan rings is 1. The summed E-state index contributed by atoms with van der Waals surface area (Å²) in [5, 5.41) is 14.8. The van der Waals surface area contributed by atoms with Gasteiger partial charge in [0.1, 0.15) is 11.8 Å². The average molecular weight is 420 g/mol. The van der Waals surface area contributed by atoms with Gasteiger partial charge in [-0.15, -0.1) is 10.2 Å². The van der Waals surface area contributed by atoms with Gasteiger partial charge < -0.3 is 10.2 Å². The van der Waals surface area contributed by atoms with E-state index in [-0.39, 0.29) is 17.7 Å². The minimum Gasteiger partial charge on any atom is -0.467 e. The van der Waals surface area contributed by atoms with Gasteiger partial charge in [0.15, 0.2) is 4.34 Å². The van der Waals surface area contributed by atoms with Crippen LogP contribution < -0.4 is 5.73 Å². The fraction of sp³-hybridized carbons (Fsp3) is 0.176. The quantitative estimate of drug-likeness (QED) is 0.631. The molecule has 0 saturated heterocycles. The Morgan fingerprint density at radius 2 is 2.15 bits per heavy atom. The molecule has 2 aromatic heterocycles. The summed E-state index contributed by atoms with van der Waals surface area (Å²) in [6.45, 7) is 0. The summed E-state index contributed by atoms with van der Waals surface area (Å²) in [5.41, 5.74) is 7.32. The van der Waals surface area contributed by atoms with Gasteiger partial charge in [-0.05, 0) is 29.8 Å². The molecular formula is C17H14ClN5O2S2. The van der Waals surface area contributed by atoms with Crippen molar-refractivity contribution in [1.29, 1.82) is 0 Å². The molecular weight excluding hydrogens is 406 g/mol. The van der Waals surface area contributed by atoms with Crippen molar-refractivity contribution >= 4 is 51.5 Å². The van der Waals surface area contributed by atoms with Gasteiger partial charge in [-0.2, -0.15) is 5.10 Å². The third-order valence-corrected chi connectivity index (χ3v) is 6.08. The van der Waals surface area contributed by atoms with Crippen LogP contribution in [0.3, 0.4) is 0 Å². The highest BCUT2D eigenvalue weighted by Crippen LogP contribution is 2.34. The highest BCUT2D eigenvalue weighted by molar-refractivity contribution is 8.01. The maximum Gasteiger partial charge on any atom is 0.253 e. The molecule has 0 fully saturated rings. The fourth-order valence-electron chi connectivity index (χ4n) is 2.73. The van der Waals surface area contributed by atoms with Gasteiger partial charge in [-0.3, -0.25) is 4.79 Å². The molecule has 2 N–H and O–H groups in total. The van der Waals surface area contributed by atoms with E-state index >= 15 is 0 Å². The Bertz CT molecular complexity index is 972. The SMILES string of the molecule is Nc1nnc(SCC(=O)N2N=C(c3ccc(Cl)cc3)C[C@H]2c2ccco2)s1. The third-order valence-electron chi connectivity index (χ3n) is 3.96. The summed E-state index contributed by atoms with van der Waals surface area (Å²) >= 11 is 8.51. The summed E-state index contributed by atoms with van der Waals surface area (Å²) in [6.07, 6.45) is 2.16. The molecule has 7 nitrogen and oxygen atoms in total. The van der Waals surface area contributed by atoms with E-state index in [0.29, 0.717) is 26.7 Å². The summed E-state index contributed by atoms with van der Waals surface area (Å²) in [7, 11) is 0. The molecule has 10 heteroatoms. The second-order valence-electron chi connectivity index (χ2n) is 5.72. The molecule has 0 bridgehead atoms. The van der Waals surface area contributed by atoms with Gasteiger partial charge in [0.25, 0.3) is 5.91 Å². The van der Waals surface area contributed by atoms with Crippen LogP contribution in [0.1, 0.15) is 23.8 Å². The molecule has 1 aliphatic heterocycles. The first-order valence-electron chi connectivity index (χ1n) is 8.01. The lowest BCUT2D eigenvalue weighted by atomic mass is 10.0. The number of nitrogens with two attached hydrogens (primary N) is 1. The molecule has 0 radical (unpaired) electrons. The van der Waals surface area contributed by atoms with E-state index in [4.69, 9.17) is 21.8 Å².